The SMILES string of the molecule is CCC.CNC(=O)C(N)CCc1c2ccccc2nc2ccccc12.[HH]. The number of hydrogen-bond donors (Lipinski definition) is 2. The van der Waals surface area contributed by atoms with Gasteiger partial charge in [0.2, 0.25) is 5.91 Å². The van der Waals surface area contributed by atoms with Crippen LogP contribution in [0.25, 0.3) is 21.8 Å². The van der Waals surface area contributed by atoms with Crippen molar-refractivity contribution in [1.29, 1.82) is 0 Å². The Labute approximate surface area is 150 Å². The molecule has 3 aromatic rings. The van der Waals surface area contributed by atoms with Crippen LogP contribution in [0.3, 0.4) is 0 Å². The Kier molecular flexibility index (Phi) is 6.90. The van der Waals surface area contributed by atoms with Crippen molar-refractivity contribution in [1.82, 2.24) is 10.3 Å². The number of carbonyl (C=O) groups is 1. The fraction of sp³-hybridized carbons (Fsp3) is 0.333. The number of para-hydroxylation sites is 2. The second kappa shape index (κ2) is 9.14. The van der Waals surface area contributed by atoms with Crippen LogP contribution >= 0.6 is 0 Å². The van der Waals surface area contributed by atoms with Crippen molar-refractivity contribution < 1.29 is 6.22 Å². The number of nitrogens with two attached hydrogens (primary N) is 1. The first-order chi connectivity index (χ1) is 12.1. The van der Waals surface area contributed by atoms with Crippen LogP contribution in [0.15, 0.2) is 48.5 Å². The third-order valence-electron chi connectivity index (χ3n) is 3.99. The Morgan fingerprint density at radius 1 is 1.08 bits per heavy atom. The highest BCUT2D eigenvalue weighted by Gasteiger charge is 2.14. The van der Waals surface area contributed by atoms with Crippen LogP contribution in [0, 0.1) is 0 Å². The van der Waals surface area contributed by atoms with E-state index in [0.29, 0.717) is 6.42 Å². The van der Waals surface area contributed by atoms with Gasteiger partial charge in [-0.15, -0.1) is 0 Å². The molecule has 0 aliphatic carbocycles. The largest absolute Gasteiger partial charge is 0.358 e. The molecule has 4 heteroatoms. The Balaban J connectivity index is 0.000000791. The number of aryl methyl sites for hydroxylation is 1. The molecule has 0 bridgehead atoms. The molecule has 0 radical (unpaired) electrons. The van der Waals surface area contributed by atoms with E-state index in [1.165, 1.54) is 12.0 Å². The number of nitrogens with zero attached hydrogens (tertiary/aromatic N) is 1. The number of nitrogens with one attached hydrogen (secondary N) is 1. The van der Waals surface area contributed by atoms with E-state index < -0.39 is 6.04 Å². The molecule has 134 valence electrons. The Hall–Kier alpha value is -2.46. The molecule has 0 aliphatic rings. The van der Waals surface area contributed by atoms with Gasteiger partial charge < -0.3 is 11.1 Å². The van der Waals surface area contributed by atoms with Crippen LogP contribution in [0.2, 0.25) is 0 Å². The summed E-state index contributed by atoms with van der Waals surface area (Å²) < 4.78 is 0. The van der Waals surface area contributed by atoms with Crippen molar-refractivity contribution in [3.63, 3.8) is 0 Å². The minimum atomic E-state index is -0.490. The number of rotatable bonds is 4. The predicted molar refractivity (Wildman–Crippen MR) is 108 cm³/mol. The molecule has 0 saturated heterocycles. The topological polar surface area (TPSA) is 68.0 Å². The summed E-state index contributed by atoms with van der Waals surface area (Å²) >= 11 is 0. The van der Waals surface area contributed by atoms with Gasteiger partial charge in [-0.2, -0.15) is 0 Å². The number of hydrogen-bond acceptors (Lipinski definition) is 3. The lowest BCUT2D eigenvalue weighted by Gasteiger charge is -2.13. The maximum Gasteiger partial charge on any atom is 0.236 e. The van der Waals surface area contributed by atoms with Crippen LogP contribution in [-0.2, 0) is 11.2 Å². The standard InChI is InChI=1S/C18H19N3O.C3H8.H2/c1-20-18(22)15(19)11-10-12-13-6-2-4-8-16(13)21-17-9-5-3-7-14(12)17;1-3-2;/h2-9,15H,10-11,19H2,1H3,(H,20,22);3H2,1-2H3;1H. The van der Waals surface area contributed by atoms with Gasteiger partial charge in [-0.3, -0.25) is 4.79 Å². The van der Waals surface area contributed by atoms with Gasteiger partial charge in [0.05, 0.1) is 17.1 Å². The van der Waals surface area contributed by atoms with Crippen molar-refractivity contribution in [2.45, 2.75) is 39.2 Å². The molecule has 1 aromatic heterocycles. The molecule has 3 N–H and O–H groups in total. The minimum Gasteiger partial charge on any atom is -0.358 e. The second-order valence-electron chi connectivity index (χ2n) is 6.09. The number of likely N-dealkylation sites (N-methyl/N-ethyl adjacent to an activating group) is 1. The highest BCUT2D eigenvalue weighted by Crippen LogP contribution is 2.27. The van der Waals surface area contributed by atoms with Gasteiger partial charge in [-0.25, -0.2) is 4.98 Å². The zero-order chi connectivity index (χ0) is 18.2. The van der Waals surface area contributed by atoms with Gasteiger partial charge in [-0.1, -0.05) is 56.7 Å². The normalized spacial score (nSPS) is 11.7. The molecule has 25 heavy (non-hydrogen) atoms. The summed E-state index contributed by atoms with van der Waals surface area (Å²) in [5, 5.41) is 4.86. The van der Waals surface area contributed by atoms with E-state index in [9.17, 15) is 4.79 Å². The van der Waals surface area contributed by atoms with E-state index in [4.69, 9.17) is 10.7 Å². The van der Waals surface area contributed by atoms with Gasteiger partial charge in [0.1, 0.15) is 0 Å². The lowest BCUT2D eigenvalue weighted by Crippen LogP contribution is -2.38. The first-order valence-corrected chi connectivity index (χ1v) is 8.85. The molecular weight excluding hydrogens is 310 g/mol. The predicted octanol–water partition coefficient (Wildman–Crippen LogP) is 4.06. The Morgan fingerprint density at radius 3 is 2.04 bits per heavy atom. The monoisotopic (exact) mass is 339 g/mol. The van der Waals surface area contributed by atoms with E-state index in [1.54, 1.807) is 7.05 Å². The quantitative estimate of drug-likeness (QED) is 0.704. The van der Waals surface area contributed by atoms with Crippen molar-refractivity contribution in [2.75, 3.05) is 7.05 Å². The lowest BCUT2D eigenvalue weighted by atomic mass is 9.97. The van der Waals surface area contributed by atoms with E-state index in [1.807, 2.05) is 36.4 Å². The third kappa shape index (κ3) is 4.54. The average molecular weight is 339 g/mol. The van der Waals surface area contributed by atoms with Crippen LogP contribution < -0.4 is 11.1 Å². The average Bonchev–Trinajstić information content (AvgIpc) is 2.64. The molecule has 1 amide bonds. The van der Waals surface area contributed by atoms with Crippen molar-refractivity contribution in [2.24, 2.45) is 5.73 Å². The van der Waals surface area contributed by atoms with E-state index >= 15 is 0 Å². The molecule has 4 nitrogen and oxygen atoms in total. The van der Waals surface area contributed by atoms with Crippen molar-refractivity contribution >= 4 is 27.7 Å². The van der Waals surface area contributed by atoms with E-state index in [0.717, 1.165) is 28.2 Å². The third-order valence-corrected chi connectivity index (χ3v) is 3.99. The summed E-state index contributed by atoms with van der Waals surface area (Å²) in [6.07, 6.45) is 2.61. The highest BCUT2D eigenvalue weighted by molar-refractivity contribution is 5.97. The summed E-state index contributed by atoms with van der Waals surface area (Å²) in [6.45, 7) is 4.25. The number of amides is 1. The van der Waals surface area contributed by atoms with Gasteiger partial charge in [0, 0.05) is 19.2 Å². The summed E-state index contributed by atoms with van der Waals surface area (Å²) in [5.74, 6) is -0.123. The second-order valence-corrected chi connectivity index (χ2v) is 6.09. The molecule has 1 atom stereocenters. The Morgan fingerprint density at radius 2 is 1.56 bits per heavy atom. The molecule has 1 heterocycles. The fourth-order valence-electron chi connectivity index (χ4n) is 2.81. The molecule has 0 spiro atoms. The molecule has 0 fully saturated rings. The van der Waals surface area contributed by atoms with Crippen LogP contribution in [-0.4, -0.2) is 24.0 Å². The molecular formula is C21H29N3O. The summed E-state index contributed by atoms with van der Waals surface area (Å²) in [5.41, 5.74) is 9.10. The molecule has 0 aliphatic heterocycles. The number of carbonyl (C=O) groups excluding carboxylic acids is 1. The summed E-state index contributed by atoms with van der Waals surface area (Å²) in [6, 6.07) is 15.7. The van der Waals surface area contributed by atoms with Crippen molar-refractivity contribution in [3.05, 3.63) is 54.1 Å². The van der Waals surface area contributed by atoms with Gasteiger partial charge in [-0.05, 0) is 30.5 Å². The van der Waals surface area contributed by atoms with Crippen LogP contribution in [0.4, 0.5) is 0 Å². The minimum absolute atomic E-state index is 0. The van der Waals surface area contributed by atoms with E-state index in [2.05, 4.69) is 31.3 Å². The zero-order valence-electron chi connectivity index (χ0n) is 15.3. The number of benzene rings is 2. The zero-order valence-corrected chi connectivity index (χ0v) is 15.3. The highest BCUT2D eigenvalue weighted by atomic mass is 16.2. The first-order valence-electron chi connectivity index (χ1n) is 8.85. The molecule has 3 rings (SSSR count). The number of aromatic nitrogens is 1. The molecule has 2 aromatic carbocycles. The fourth-order valence-corrected chi connectivity index (χ4v) is 2.81. The number of fused-ring (bicyclic) bond motifs is 2. The maximum absolute atomic E-state index is 11.6. The smallest absolute Gasteiger partial charge is 0.236 e. The lowest BCUT2D eigenvalue weighted by molar-refractivity contribution is -0.121. The van der Waals surface area contributed by atoms with Crippen molar-refractivity contribution in [3.8, 4) is 0 Å². The van der Waals surface area contributed by atoms with Gasteiger partial charge in [0.25, 0.3) is 0 Å². The van der Waals surface area contributed by atoms with Crippen LogP contribution in [0.1, 0.15) is 33.7 Å². The first kappa shape index (κ1) is 18.9. The maximum atomic E-state index is 11.6. The van der Waals surface area contributed by atoms with E-state index in [-0.39, 0.29) is 7.33 Å². The Bertz CT molecular complexity index is 797. The molecule has 1 unspecified atom stereocenters. The van der Waals surface area contributed by atoms with Gasteiger partial charge in [0.15, 0.2) is 0 Å². The summed E-state index contributed by atoms with van der Waals surface area (Å²) in [7, 11) is 1.61. The van der Waals surface area contributed by atoms with Crippen LogP contribution in [0.5, 0.6) is 0 Å². The van der Waals surface area contributed by atoms with Gasteiger partial charge >= 0.3 is 0 Å². The summed E-state index contributed by atoms with van der Waals surface area (Å²) in [4.78, 5) is 16.3. The number of pyridine rings is 1. The molecule has 0 saturated carbocycles.